The number of aryl methyl sites for hydroxylation is 1. The normalized spacial score (nSPS) is 16.3. The van der Waals surface area contributed by atoms with Gasteiger partial charge in [-0.05, 0) is 31.0 Å². The van der Waals surface area contributed by atoms with Crippen LogP contribution in [-0.2, 0) is 31.4 Å². The lowest BCUT2D eigenvalue weighted by molar-refractivity contribution is -0.121. The zero-order valence-electron chi connectivity index (χ0n) is 17.8. The molecule has 1 saturated carbocycles. The van der Waals surface area contributed by atoms with Crippen LogP contribution in [0.25, 0.3) is 0 Å². The number of nitrogens with zero attached hydrogens (tertiary/aromatic N) is 2. The Morgan fingerprint density at radius 1 is 1.16 bits per heavy atom. The molecule has 168 valence electrons. The van der Waals surface area contributed by atoms with Crippen LogP contribution in [0.3, 0.4) is 0 Å². The average Bonchev–Trinajstić information content (AvgIpc) is 3.06. The highest BCUT2D eigenvalue weighted by atomic mass is 32.2. The predicted molar refractivity (Wildman–Crippen MR) is 114 cm³/mol. The SMILES string of the molecule is CC(=O)NC1(c2noc(CCC(=O)Nc3cccc(S(C)(=O)=O)c3)n2)CCCCCC1. The van der Waals surface area contributed by atoms with Crippen LogP contribution in [0.2, 0.25) is 0 Å². The summed E-state index contributed by atoms with van der Waals surface area (Å²) in [6.45, 7) is 1.48. The lowest BCUT2D eigenvalue weighted by Gasteiger charge is -2.30. The summed E-state index contributed by atoms with van der Waals surface area (Å²) in [6, 6.07) is 6.09. The second-order valence-corrected chi connectivity index (χ2v) is 10.1. The maximum absolute atomic E-state index is 12.3. The molecule has 0 spiro atoms. The third-order valence-electron chi connectivity index (χ3n) is 5.38. The van der Waals surface area contributed by atoms with Gasteiger partial charge in [-0.2, -0.15) is 4.98 Å². The van der Waals surface area contributed by atoms with E-state index in [4.69, 9.17) is 4.52 Å². The molecule has 2 aromatic rings. The molecular formula is C21H28N4O5S. The smallest absolute Gasteiger partial charge is 0.227 e. The molecule has 1 heterocycles. The van der Waals surface area contributed by atoms with Gasteiger partial charge in [0.15, 0.2) is 15.7 Å². The number of sulfone groups is 1. The van der Waals surface area contributed by atoms with E-state index in [1.807, 2.05) is 0 Å². The lowest BCUT2D eigenvalue weighted by Crippen LogP contribution is -2.45. The third kappa shape index (κ3) is 6.13. The van der Waals surface area contributed by atoms with Gasteiger partial charge in [-0.15, -0.1) is 0 Å². The van der Waals surface area contributed by atoms with E-state index < -0.39 is 15.4 Å². The maximum atomic E-state index is 12.3. The monoisotopic (exact) mass is 448 g/mol. The van der Waals surface area contributed by atoms with Crippen molar-refractivity contribution in [1.29, 1.82) is 0 Å². The number of nitrogens with one attached hydrogen (secondary N) is 2. The Kier molecular flexibility index (Phi) is 7.09. The quantitative estimate of drug-likeness (QED) is 0.623. The summed E-state index contributed by atoms with van der Waals surface area (Å²) in [4.78, 5) is 28.7. The van der Waals surface area contributed by atoms with Crippen molar-refractivity contribution in [1.82, 2.24) is 15.5 Å². The number of amides is 2. The van der Waals surface area contributed by atoms with Crippen LogP contribution >= 0.6 is 0 Å². The first-order chi connectivity index (χ1) is 14.7. The average molecular weight is 449 g/mol. The van der Waals surface area contributed by atoms with Gasteiger partial charge in [-0.25, -0.2) is 8.42 Å². The van der Waals surface area contributed by atoms with Gasteiger partial charge in [0.25, 0.3) is 0 Å². The predicted octanol–water partition coefficient (Wildman–Crippen LogP) is 2.73. The Bertz CT molecular complexity index is 1040. The molecule has 1 aromatic carbocycles. The van der Waals surface area contributed by atoms with Gasteiger partial charge in [0.2, 0.25) is 17.7 Å². The minimum Gasteiger partial charge on any atom is -0.343 e. The summed E-state index contributed by atoms with van der Waals surface area (Å²) in [6.07, 6.45) is 7.10. The molecule has 3 rings (SSSR count). The molecule has 0 atom stereocenters. The maximum Gasteiger partial charge on any atom is 0.227 e. The largest absolute Gasteiger partial charge is 0.343 e. The van der Waals surface area contributed by atoms with Crippen molar-refractivity contribution in [3.05, 3.63) is 36.0 Å². The van der Waals surface area contributed by atoms with Gasteiger partial charge in [0, 0.05) is 31.7 Å². The lowest BCUT2D eigenvalue weighted by atomic mass is 9.89. The molecule has 0 bridgehead atoms. The van der Waals surface area contributed by atoms with Crippen LogP contribution in [0.1, 0.15) is 63.6 Å². The van der Waals surface area contributed by atoms with Crippen LogP contribution in [-0.4, -0.2) is 36.6 Å². The molecular weight excluding hydrogens is 420 g/mol. The molecule has 1 aliphatic rings. The summed E-state index contributed by atoms with van der Waals surface area (Å²) in [5, 5.41) is 9.82. The number of hydrogen-bond acceptors (Lipinski definition) is 7. The van der Waals surface area contributed by atoms with Crippen LogP contribution in [0.5, 0.6) is 0 Å². The van der Waals surface area contributed by atoms with Gasteiger partial charge < -0.3 is 15.2 Å². The number of anilines is 1. The fourth-order valence-corrected chi connectivity index (χ4v) is 4.54. The summed E-state index contributed by atoms with van der Waals surface area (Å²) in [5.74, 6) is 0.352. The number of benzene rings is 1. The topological polar surface area (TPSA) is 131 Å². The van der Waals surface area contributed by atoms with Crippen molar-refractivity contribution in [2.45, 2.75) is 68.7 Å². The van der Waals surface area contributed by atoms with E-state index in [9.17, 15) is 18.0 Å². The Morgan fingerprint density at radius 2 is 1.87 bits per heavy atom. The third-order valence-corrected chi connectivity index (χ3v) is 6.49. The fourth-order valence-electron chi connectivity index (χ4n) is 3.87. The zero-order valence-corrected chi connectivity index (χ0v) is 18.6. The van der Waals surface area contributed by atoms with E-state index in [1.165, 1.54) is 19.1 Å². The molecule has 31 heavy (non-hydrogen) atoms. The summed E-state index contributed by atoms with van der Waals surface area (Å²) >= 11 is 0. The van der Waals surface area contributed by atoms with Gasteiger partial charge in [0.05, 0.1) is 4.90 Å². The van der Waals surface area contributed by atoms with E-state index >= 15 is 0 Å². The molecule has 1 fully saturated rings. The minimum atomic E-state index is -3.36. The molecule has 2 amide bonds. The van der Waals surface area contributed by atoms with Crippen molar-refractivity contribution in [3.8, 4) is 0 Å². The van der Waals surface area contributed by atoms with E-state index in [0.29, 0.717) is 17.4 Å². The Morgan fingerprint density at radius 3 is 2.52 bits per heavy atom. The fraction of sp³-hybridized carbons (Fsp3) is 0.524. The number of carbonyl (C=O) groups is 2. The summed E-state index contributed by atoms with van der Waals surface area (Å²) < 4.78 is 28.7. The Balaban J connectivity index is 1.64. The van der Waals surface area contributed by atoms with Crippen LogP contribution in [0.15, 0.2) is 33.7 Å². The molecule has 2 N–H and O–H groups in total. The van der Waals surface area contributed by atoms with Crippen molar-refractivity contribution in [2.75, 3.05) is 11.6 Å². The molecule has 1 aromatic heterocycles. The highest BCUT2D eigenvalue weighted by Crippen LogP contribution is 2.34. The van der Waals surface area contributed by atoms with Crippen LogP contribution in [0.4, 0.5) is 5.69 Å². The first-order valence-corrected chi connectivity index (χ1v) is 12.3. The summed E-state index contributed by atoms with van der Waals surface area (Å²) in [7, 11) is -3.36. The zero-order chi connectivity index (χ0) is 22.5. The van der Waals surface area contributed by atoms with E-state index in [2.05, 4.69) is 20.8 Å². The summed E-state index contributed by atoms with van der Waals surface area (Å²) in [5.41, 5.74) is -0.222. The highest BCUT2D eigenvalue weighted by molar-refractivity contribution is 7.90. The number of rotatable bonds is 7. The van der Waals surface area contributed by atoms with E-state index in [1.54, 1.807) is 12.1 Å². The molecule has 10 heteroatoms. The molecule has 0 radical (unpaired) electrons. The number of aromatic nitrogens is 2. The van der Waals surface area contributed by atoms with E-state index in [0.717, 1.165) is 44.8 Å². The molecule has 1 aliphatic carbocycles. The highest BCUT2D eigenvalue weighted by Gasteiger charge is 2.38. The van der Waals surface area contributed by atoms with Crippen molar-refractivity contribution in [3.63, 3.8) is 0 Å². The second-order valence-electron chi connectivity index (χ2n) is 8.04. The van der Waals surface area contributed by atoms with Gasteiger partial charge >= 0.3 is 0 Å². The van der Waals surface area contributed by atoms with Gasteiger partial charge in [-0.1, -0.05) is 36.9 Å². The minimum absolute atomic E-state index is 0.0951. The van der Waals surface area contributed by atoms with Gasteiger partial charge in [-0.3, -0.25) is 9.59 Å². The molecule has 9 nitrogen and oxygen atoms in total. The number of hydrogen-bond donors (Lipinski definition) is 2. The van der Waals surface area contributed by atoms with Crippen molar-refractivity contribution >= 4 is 27.3 Å². The second kappa shape index (κ2) is 9.59. The Labute approximate surface area is 181 Å². The van der Waals surface area contributed by atoms with Crippen molar-refractivity contribution < 1.29 is 22.5 Å². The molecule has 0 unspecified atom stereocenters. The van der Waals surface area contributed by atoms with Crippen LogP contribution < -0.4 is 10.6 Å². The molecule has 0 aliphatic heterocycles. The van der Waals surface area contributed by atoms with Gasteiger partial charge in [0.1, 0.15) is 5.54 Å². The van der Waals surface area contributed by atoms with Crippen LogP contribution in [0, 0.1) is 0 Å². The first-order valence-electron chi connectivity index (χ1n) is 10.4. The van der Waals surface area contributed by atoms with E-state index in [-0.39, 0.29) is 29.6 Å². The number of carbonyl (C=O) groups excluding carboxylic acids is 2. The Hall–Kier alpha value is -2.75. The van der Waals surface area contributed by atoms with Crippen molar-refractivity contribution in [2.24, 2.45) is 0 Å². The molecule has 0 saturated heterocycles. The first kappa shape index (κ1) is 22.9. The standard InChI is InChI=1S/C21H28N4O5S/c1-15(26)24-21(12-5-3-4-6-13-21)20-23-19(30-25-20)11-10-18(27)22-16-8-7-9-17(14-16)31(2,28)29/h7-9,14H,3-6,10-13H2,1-2H3,(H,22,27)(H,24,26).